The highest BCUT2D eigenvalue weighted by Gasteiger charge is 2.14. The zero-order chi connectivity index (χ0) is 14.9. The second kappa shape index (κ2) is 6.69. The molecule has 7 heteroatoms. The van der Waals surface area contributed by atoms with Crippen molar-refractivity contribution in [3.8, 4) is 5.75 Å². The fraction of sp³-hybridized carbons (Fsp3) is 0.308. The Bertz CT molecular complexity index is 621. The molecule has 2 rings (SSSR count). The van der Waals surface area contributed by atoms with Crippen molar-refractivity contribution in [2.45, 2.75) is 19.4 Å². The fourth-order valence-electron chi connectivity index (χ4n) is 1.81. The largest absolute Gasteiger partial charge is 0.486 e. The van der Waals surface area contributed by atoms with Crippen LogP contribution in [0.3, 0.4) is 0 Å². The Morgan fingerprint density at radius 2 is 1.90 bits per heavy atom. The van der Waals surface area contributed by atoms with Crippen molar-refractivity contribution in [3.05, 3.63) is 43.1 Å². The van der Waals surface area contributed by atoms with Gasteiger partial charge in [0.2, 0.25) is 0 Å². The van der Waals surface area contributed by atoms with E-state index in [1.807, 2.05) is 19.1 Å². The molecule has 1 heterocycles. The van der Waals surface area contributed by atoms with Crippen molar-refractivity contribution in [2.24, 2.45) is 7.05 Å². The molecule has 3 nitrogen and oxygen atoms in total. The first-order chi connectivity index (χ1) is 9.43. The maximum Gasteiger partial charge on any atom is 0.148 e. The van der Waals surface area contributed by atoms with Gasteiger partial charge in [-0.05, 0) is 56.5 Å². The molecule has 2 aromatic rings. The molecule has 0 saturated carbocycles. The molecule has 0 aliphatic rings. The van der Waals surface area contributed by atoms with Gasteiger partial charge in [-0.3, -0.25) is 4.68 Å². The number of aryl methyl sites for hydroxylation is 2. The highest BCUT2D eigenvalue weighted by Crippen LogP contribution is 2.36. The predicted octanol–water partition coefficient (Wildman–Crippen LogP) is 5.22. The Morgan fingerprint density at radius 3 is 2.35 bits per heavy atom. The van der Waals surface area contributed by atoms with Crippen LogP contribution in [-0.4, -0.2) is 9.78 Å². The van der Waals surface area contributed by atoms with Crippen LogP contribution in [0.5, 0.6) is 5.75 Å². The van der Waals surface area contributed by atoms with Gasteiger partial charge in [0.1, 0.15) is 17.5 Å². The molecular weight excluding hydrogens is 431 g/mol. The van der Waals surface area contributed by atoms with Gasteiger partial charge in [-0.25, -0.2) is 0 Å². The molecule has 0 radical (unpaired) electrons. The summed E-state index contributed by atoms with van der Waals surface area (Å²) in [5.74, 6) is 1.17. The van der Waals surface area contributed by atoms with Gasteiger partial charge in [0, 0.05) is 18.5 Å². The molecule has 0 spiro atoms. The summed E-state index contributed by atoms with van der Waals surface area (Å²) in [6.07, 6.45) is 0. The molecule has 1 aromatic carbocycles. The van der Waals surface area contributed by atoms with E-state index in [1.165, 1.54) is 0 Å². The van der Waals surface area contributed by atoms with E-state index in [0.717, 1.165) is 31.5 Å². The van der Waals surface area contributed by atoms with E-state index < -0.39 is 0 Å². The summed E-state index contributed by atoms with van der Waals surface area (Å²) < 4.78 is 9.18. The standard InChI is InChI=1S/C13H12Br2Cl2N2O/c1-7-9(13(17)19(2)18-7)6-20-12-10(14)3-8(5-16)4-11(12)15/h3-4H,5-6H2,1-2H3. The third-order valence-corrected chi connectivity index (χ3v) is 4.80. The zero-order valence-electron chi connectivity index (χ0n) is 10.9. The average molecular weight is 443 g/mol. The number of rotatable bonds is 4. The molecule has 0 atom stereocenters. The van der Waals surface area contributed by atoms with E-state index in [9.17, 15) is 0 Å². The molecule has 0 bridgehead atoms. The van der Waals surface area contributed by atoms with Crippen LogP contribution in [0.2, 0.25) is 5.15 Å². The maximum absolute atomic E-state index is 6.19. The third kappa shape index (κ3) is 3.32. The van der Waals surface area contributed by atoms with E-state index in [4.69, 9.17) is 27.9 Å². The second-order valence-corrected chi connectivity index (χ2v) is 6.62. The van der Waals surface area contributed by atoms with Crippen molar-refractivity contribution in [2.75, 3.05) is 0 Å². The van der Waals surface area contributed by atoms with Crippen LogP contribution in [0.15, 0.2) is 21.1 Å². The molecule has 0 aliphatic carbocycles. The van der Waals surface area contributed by atoms with Crippen molar-refractivity contribution >= 4 is 55.1 Å². The van der Waals surface area contributed by atoms with Crippen LogP contribution in [-0.2, 0) is 19.5 Å². The number of ether oxygens (including phenoxy) is 1. The number of hydrogen-bond donors (Lipinski definition) is 0. The molecule has 0 fully saturated rings. The van der Waals surface area contributed by atoms with Gasteiger partial charge in [0.15, 0.2) is 0 Å². The molecule has 0 N–H and O–H groups in total. The van der Waals surface area contributed by atoms with Gasteiger partial charge in [0.25, 0.3) is 0 Å². The summed E-state index contributed by atoms with van der Waals surface area (Å²) in [6, 6.07) is 3.87. The number of nitrogens with zero attached hydrogens (tertiary/aromatic N) is 2. The summed E-state index contributed by atoms with van der Waals surface area (Å²) in [5, 5.41) is 4.85. The number of hydrogen-bond acceptors (Lipinski definition) is 2. The highest BCUT2D eigenvalue weighted by atomic mass is 79.9. The minimum Gasteiger partial charge on any atom is -0.486 e. The quantitative estimate of drug-likeness (QED) is 0.606. The van der Waals surface area contributed by atoms with E-state index in [0.29, 0.717) is 17.6 Å². The van der Waals surface area contributed by atoms with Crippen LogP contribution >= 0.6 is 55.1 Å². The number of alkyl halides is 1. The molecule has 20 heavy (non-hydrogen) atoms. The van der Waals surface area contributed by atoms with Gasteiger partial charge in [-0.2, -0.15) is 5.10 Å². The maximum atomic E-state index is 6.19. The predicted molar refractivity (Wildman–Crippen MR) is 88.7 cm³/mol. The van der Waals surface area contributed by atoms with E-state index >= 15 is 0 Å². The summed E-state index contributed by atoms with van der Waals surface area (Å²) >= 11 is 19.0. The van der Waals surface area contributed by atoms with Gasteiger partial charge in [0.05, 0.1) is 14.6 Å². The van der Waals surface area contributed by atoms with Crippen molar-refractivity contribution in [1.29, 1.82) is 0 Å². The summed E-state index contributed by atoms with van der Waals surface area (Å²) in [5.41, 5.74) is 2.75. The molecule has 0 unspecified atom stereocenters. The van der Waals surface area contributed by atoms with Crippen molar-refractivity contribution in [1.82, 2.24) is 9.78 Å². The minimum absolute atomic E-state index is 0.357. The number of aromatic nitrogens is 2. The zero-order valence-corrected chi connectivity index (χ0v) is 15.6. The summed E-state index contributed by atoms with van der Waals surface area (Å²) in [4.78, 5) is 0. The average Bonchev–Trinajstić information content (AvgIpc) is 2.63. The topological polar surface area (TPSA) is 27.1 Å². The number of benzene rings is 1. The van der Waals surface area contributed by atoms with E-state index in [-0.39, 0.29) is 0 Å². The van der Waals surface area contributed by atoms with E-state index in [1.54, 1.807) is 11.7 Å². The lowest BCUT2D eigenvalue weighted by atomic mass is 10.2. The molecule has 0 aliphatic heterocycles. The van der Waals surface area contributed by atoms with Gasteiger partial charge >= 0.3 is 0 Å². The highest BCUT2D eigenvalue weighted by molar-refractivity contribution is 9.11. The Kier molecular flexibility index (Phi) is 5.40. The first-order valence-corrected chi connectivity index (χ1v) is 8.28. The lowest BCUT2D eigenvalue weighted by molar-refractivity contribution is 0.301. The van der Waals surface area contributed by atoms with Gasteiger partial charge in [-0.15, -0.1) is 11.6 Å². The lowest BCUT2D eigenvalue weighted by Gasteiger charge is -2.11. The Labute approximate surface area is 144 Å². The Morgan fingerprint density at radius 1 is 1.30 bits per heavy atom. The second-order valence-electron chi connectivity index (χ2n) is 4.29. The van der Waals surface area contributed by atoms with E-state index in [2.05, 4.69) is 37.0 Å². The van der Waals surface area contributed by atoms with Crippen LogP contribution in [0.4, 0.5) is 0 Å². The molecule has 108 valence electrons. The van der Waals surface area contributed by atoms with Crippen molar-refractivity contribution < 1.29 is 4.74 Å². The SMILES string of the molecule is Cc1nn(C)c(Cl)c1COc1c(Br)cc(CCl)cc1Br. The molecular formula is C13H12Br2Cl2N2O. The number of halogens is 4. The van der Waals surface area contributed by atoms with Crippen LogP contribution in [0.1, 0.15) is 16.8 Å². The van der Waals surface area contributed by atoms with Crippen molar-refractivity contribution in [3.63, 3.8) is 0 Å². The third-order valence-electron chi connectivity index (χ3n) is 2.84. The Balaban J connectivity index is 2.23. The van der Waals surface area contributed by atoms with Crippen LogP contribution in [0.25, 0.3) is 0 Å². The van der Waals surface area contributed by atoms with Gasteiger partial charge < -0.3 is 4.74 Å². The summed E-state index contributed by atoms with van der Waals surface area (Å²) in [7, 11) is 1.81. The Hall–Kier alpha value is -0.230. The molecule has 1 aromatic heterocycles. The minimum atomic E-state index is 0.357. The van der Waals surface area contributed by atoms with Gasteiger partial charge in [-0.1, -0.05) is 11.6 Å². The van der Waals surface area contributed by atoms with Crippen LogP contribution in [0, 0.1) is 6.92 Å². The lowest BCUT2D eigenvalue weighted by Crippen LogP contribution is -1.99. The fourth-order valence-corrected chi connectivity index (χ4v) is 3.70. The first-order valence-electron chi connectivity index (χ1n) is 5.78. The normalized spacial score (nSPS) is 10.9. The monoisotopic (exact) mass is 440 g/mol. The van der Waals surface area contributed by atoms with Crippen LogP contribution < -0.4 is 4.74 Å². The summed E-state index contributed by atoms with van der Waals surface area (Å²) in [6.45, 7) is 2.27. The molecule has 0 saturated heterocycles. The smallest absolute Gasteiger partial charge is 0.148 e. The first kappa shape index (κ1) is 16.1. The molecule has 0 amide bonds.